The average Bonchev–Trinajstić information content (AvgIpc) is 2.97. The van der Waals surface area contributed by atoms with E-state index >= 15 is 0 Å². The van der Waals surface area contributed by atoms with Crippen LogP contribution >= 0.6 is 12.6 Å². The fourth-order valence-electron chi connectivity index (χ4n) is 2.96. The quantitative estimate of drug-likeness (QED) is 0.718. The van der Waals surface area contributed by atoms with Gasteiger partial charge in [0.15, 0.2) is 11.3 Å². The molecule has 3 aromatic carbocycles. The van der Waals surface area contributed by atoms with E-state index in [1.165, 1.54) is 16.3 Å². The predicted octanol–water partition coefficient (Wildman–Crippen LogP) is 3.82. The van der Waals surface area contributed by atoms with Gasteiger partial charge in [-0.2, -0.15) is 5.10 Å². The summed E-state index contributed by atoms with van der Waals surface area (Å²) in [5.74, 6) is 0.929. The lowest BCUT2D eigenvalue weighted by molar-refractivity contribution is 0.390. The smallest absolute Gasteiger partial charge is 0.162 e. The minimum atomic E-state index is -0.121. The van der Waals surface area contributed by atoms with E-state index in [9.17, 15) is 0 Å². The van der Waals surface area contributed by atoms with Crippen molar-refractivity contribution >= 4 is 29.2 Å². The Morgan fingerprint density at radius 3 is 2.52 bits per heavy atom. The Morgan fingerprint density at radius 2 is 1.65 bits per heavy atom. The van der Waals surface area contributed by atoms with Crippen molar-refractivity contribution < 1.29 is 0 Å². The summed E-state index contributed by atoms with van der Waals surface area (Å²) in [6.07, 6.45) is 0. The Morgan fingerprint density at radius 1 is 0.913 bits per heavy atom. The molecule has 0 radical (unpaired) electrons. The fraction of sp³-hybridized carbons (Fsp3) is 0.105. The third-order valence-electron chi connectivity index (χ3n) is 4.11. The number of rotatable bonds is 3. The molecular formula is C19H17N3S. The average molecular weight is 319 g/mol. The summed E-state index contributed by atoms with van der Waals surface area (Å²) in [5, 5.41) is 6.99. The van der Waals surface area contributed by atoms with Crippen molar-refractivity contribution in [1.29, 1.82) is 0 Å². The highest BCUT2D eigenvalue weighted by Gasteiger charge is 2.26. The van der Waals surface area contributed by atoms with E-state index in [1.807, 2.05) is 18.2 Å². The largest absolute Gasteiger partial charge is 0.320 e. The Bertz CT molecular complexity index is 855. The zero-order valence-corrected chi connectivity index (χ0v) is 13.4. The molecule has 1 aliphatic rings. The molecule has 1 heterocycles. The Hall–Kier alpha value is -2.46. The van der Waals surface area contributed by atoms with Crippen molar-refractivity contribution in [2.45, 2.75) is 12.0 Å². The highest BCUT2D eigenvalue weighted by atomic mass is 32.1. The van der Waals surface area contributed by atoms with E-state index < -0.39 is 0 Å². The fourth-order valence-corrected chi connectivity index (χ4v) is 3.21. The first kappa shape index (κ1) is 14.2. The molecule has 0 saturated heterocycles. The number of benzene rings is 3. The monoisotopic (exact) mass is 319 g/mol. The van der Waals surface area contributed by atoms with Gasteiger partial charge in [-0.1, -0.05) is 72.8 Å². The van der Waals surface area contributed by atoms with Crippen molar-refractivity contribution in [1.82, 2.24) is 10.3 Å². The molecule has 0 fully saturated rings. The van der Waals surface area contributed by atoms with Crippen LogP contribution in [0.25, 0.3) is 10.8 Å². The number of nitrogens with one attached hydrogen (secondary N) is 1. The Balaban J connectivity index is 1.70. The molecule has 1 aliphatic heterocycles. The molecule has 0 aromatic heterocycles. The van der Waals surface area contributed by atoms with Crippen LogP contribution in [0.4, 0.5) is 0 Å². The number of amidine groups is 1. The van der Waals surface area contributed by atoms with Crippen molar-refractivity contribution in [2.75, 3.05) is 0 Å². The van der Waals surface area contributed by atoms with Gasteiger partial charge in [-0.05, 0) is 16.3 Å². The topological polar surface area (TPSA) is 27.6 Å². The van der Waals surface area contributed by atoms with E-state index in [0.29, 0.717) is 0 Å². The van der Waals surface area contributed by atoms with E-state index in [4.69, 9.17) is 0 Å². The maximum Gasteiger partial charge on any atom is 0.162 e. The van der Waals surface area contributed by atoms with E-state index in [1.54, 1.807) is 0 Å². The van der Waals surface area contributed by atoms with E-state index in [0.717, 1.165) is 17.9 Å². The standard InChI is InChI=1S/C19H17N3S/c23-19-21-20-18(15-8-2-1-3-9-15)22(19)13-16-11-6-10-14-7-4-5-12-17(14)16/h1-12,19,21,23H,13H2. The summed E-state index contributed by atoms with van der Waals surface area (Å²) in [5.41, 5.74) is 5.31. The molecule has 1 unspecified atom stereocenters. The van der Waals surface area contributed by atoms with Crippen LogP contribution in [0.5, 0.6) is 0 Å². The molecule has 0 aliphatic carbocycles. The molecule has 0 bridgehead atoms. The van der Waals surface area contributed by atoms with Gasteiger partial charge in [0.05, 0.1) is 0 Å². The van der Waals surface area contributed by atoms with Crippen LogP contribution in [0, 0.1) is 0 Å². The second-order valence-corrected chi connectivity index (χ2v) is 6.06. The molecule has 23 heavy (non-hydrogen) atoms. The first-order valence-corrected chi connectivity index (χ1v) is 8.14. The van der Waals surface area contributed by atoms with Gasteiger partial charge < -0.3 is 4.90 Å². The number of hydrazone groups is 1. The van der Waals surface area contributed by atoms with Gasteiger partial charge >= 0.3 is 0 Å². The third-order valence-corrected chi connectivity index (χ3v) is 4.50. The van der Waals surface area contributed by atoms with Gasteiger partial charge in [-0.3, -0.25) is 5.43 Å². The first-order valence-electron chi connectivity index (χ1n) is 7.63. The number of fused-ring (bicyclic) bond motifs is 1. The van der Waals surface area contributed by atoms with Crippen molar-refractivity contribution in [3.8, 4) is 0 Å². The van der Waals surface area contributed by atoms with Gasteiger partial charge in [0.1, 0.15) is 0 Å². The maximum absolute atomic E-state index is 4.62. The molecular weight excluding hydrogens is 302 g/mol. The lowest BCUT2D eigenvalue weighted by Crippen LogP contribution is -2.36. The molecule has 3 aromatic rings. The summed E-state index contributed by atoms with van der Waals surface area (Å²) < 4.78 is 0. The SMILES string of the molecule is SC1NN=C(c2ccccc2)N1Cc1cccc2ccccc12. The lowest BCUT2D eigenvalue weighted by Gasteiger charge is -2.24. The van der Waals surface area contributed by atoms with Crippen molar-refractivity contribution in [2.24, 2.45) is 5.10 Å². The molecule has 4 heteroatoms. The predicted molar refractivity (Wildman–Crippen MR) is 98.4 cm³/mol. The second kappa shape index (κ2) is 5.97. The molecule has 3 nitrogen and oxygen atoms in total. The summed E-state index contributed by atoms with van der Waals surface area (Å²) >= 11 is 4.62. The molecule has 4 rings (SSSR count). The summed E-state index contributed by atoms with van der Waals surface area (Å²) in [6, 6.07) is 25.1. The van der Waals surface area contributed by atoms with Crippen LogP contribution in [-0.2, 0) is 6.54 Å². The number of nitrogens with zero attached hydrogens (tertiary/aromatic N) is 2. The number of hydrogen-bond acceptors (Lipinski definition) is 4. The molecule has 0 spiro atoms. The molecule has 114 valence electrons. The zero-order valence-electron chi connectivity index (χ0n) is 12.6. The minimum Gasteiger partial charge on any atom is -0.320 e. The van der Waals surface area contributed by atoms with Crippen LogP contribution in [0.1, 0.15) is 11.1 Å². The zero-order chi connectivity index (χ0) is 15.6. The van der Waals surface area contributed by atoms with Crippen LogP contribution < -0.4 is 5.43 Å². The highest BCUT2D eigenvalue weighted by Crippen LogP contribution is 2.24. The summed E-state index contributed by atoms with van der Waals surface area (Å²) in [7, 11) is 0. The highest BCUT2D eigenvalue weighted by molar-refractivity contribution is 7.80. The number of hydrogen-bond donors (Lipinski definition) is 2. The molecule has 0 saturated carbocycles. The Kier molecular flexibility index (Phi) is 3.67. The summed E-state index contributed by atoms with van der Waals surface area (Å²) in [6.45, 7) is 0.760. The number of thiol groups is 1. The third kappa shape index (κ3) is 2.66. The normalized spacial score (nSPS) is 17.2. The first-order chi connectivity index (χ1) is 11.3. The lowest BCUT2D eigenvalue weighted by atomic mass is 10.0. The van der Waals surface area contributed by atoms with E-state index in [-0.39, 0.29) is 5.50 Å². The van der Waals surface area contributed by atoms with Crippen molar-refractivity contribution in [3.05, 3.63) is 83.9 Å². The Labute approximate surface area is 141 Å². The van der Waals surface area contributed by atoms with Crippen molar-refractivity contribution in [3.63, 3.8) is 0 Å². The maximum atomic E-state index is 4.62. The van der Waals surface area contributed by atoms with Crippen LogP contribution in [-0.4, -0.2) is 16.2 Å². The van der Waals surface area contributed by atoms with Gasteiger partial charge in [0.2, 0.25) is 0 Å². The molecule has 1 N–H and O–H groups in total. The summed E-state index contributed by atoms with van der Waals surface area (Å²) in [4.78, 5) is 2.18. The van der Waals surface area contributed by atoms with E-state index in [2.05, 4.69) is 82.7 Å². The van der Waals surface area contributed by atoms with Crippen LogP contribution in [0.3, 0.4) is 0 Å². The molecule has 1 atom stereocenters. The van der Waals surface area contributed by atoms with Gasteiger partial charge in [0.25, 0.3) is 0 Å². The van der Waals surface area contributed by atoms with Gasteiger partial charge in [-0.25, -0.2) is 0 Å². The molecule has 0 amide bonds. The van der Waals surface area contributed by atoms with Crippen LogP contribution in [0.15, 0.2) is 77.9 Å². The van der Waals surface area contributed by atoms with Crippen LogP contribution in [0.2, 0.25) is 0 Å². The van der Waals surface area contributed by atoms with Gasteiger partial charge in [0, 0.05) is 12.1 Å². The minimum absolute atomic E-state index is 0.121. The van der Waals surface area contributed by atoms with Gasteiger partial charge in [-0.15, -0.1) is 12.6 Å². The second-order valence-electron chi connectivity index (χ2n) is 5.57.